The van der Waals surface area contributed by atoms with Gasteiger partial charge in [-0.3, -0.25) is 0 Å². The second-order valence-electron chi connectivity index (χ2n) is 3.61. The van der Waals surface area contributed by atoms with E-state index in [2.05, 4.69) is 0 Å². The van der Waals surface area contributed by atoms with Crippen molar-refractivity contribution in [3.8, 4) is 5.75 Å². The summed E-state index contributed by atoms with van der Waals surface area (Å²) in [5.41, 5.74) is 2.18. The first-order valence-corrected chi connectivity index (χ1v) is 6.54. The van der Waals surface area contributed by atoms with Gasteiger partial charge in [0.1, 0.15) is 5.75 Å². The molecule has 0 aliphatic heterocycles. The third kappa shape index (κ3) is 5.37. The van der Waals surface area contributed by atoms with Gasteiger partial charge in [-0.15, -0.1) is 0 Å². The molecule has 18 heavy (non-hydrogen) atoms. The summed E-state index contributed by atoms with van der Waals surface area (Å²) >= 11 is 5.71. The van der Waals surface area contributed by atoms with E-state index in [4.69, 9.17) is 22.1 Å². The van der Waals surface area contributed by atoms with Gasteiger partial charge >= 0.3 is 5.51 Å². The van der Waals surface area contributed by atoms with Crippen molar-refractivity contribution < 1.29 is 17.9 Å². The fraction of sp³-hybridized carbons (Fsp3) is 0.455. The highest BCUT2D eigenvalue weighted by Gasteiger charge is 2.27. The molecule has 7 heteroatoms. The molecule has 1 aromatic carbocycles. The molecule has 0 saturated carbocycles. The maximum absolute atomic E-state index is 11.9. The van der Waals surface area contributed by atoms with Gasteiger partial charge in [0, 0.05) is 22.4 Å². The highest BCUT2D eigenvalue weighted by Crippen LogP contribution is 2.31. The van der Waals surface area contributed by atoms with Crippen LogP contribution in [0.2, 0.25) is 5.02 Å². The molecule has 1 aromatic rings. The zero-order valence-corrected chi connectivity index (χ0v) is 11.2. The molecule has 0 spiro atoms. The van der Waals surface area contributed by atoms with Crippen LogP contribution in [0.5, 0.6) is 5.75 Å². The van der Waals surface area contributed by atoms with Crippen LogP contribution in [-0.2, 0) is 0 Å². The van der Waals surface area contributed by atoms with E-state index in [0.29, 0.717) is 16.3 Å². The van der Waals surface area contributed by atoms with Crippen molar-refractivity contribution >= 4 is 23.4 Å². The quantitative estimate of drug-likeness (QED) is 0.835. The van der Waals surface area contributed by atoms with Gasteiger partial charge in [0.15, 0.2) is 0 Å². The van der Waals surface area contributed by atoms with Crippen LogP contribution in [0.4, 0.5) is 13.2 Å². The molecule has 0 amide bonds. The van der Waals surface area contributed by atoms with Crippen molar-refractivity contribution in [2.75, 3.05) is 12.4 Å². The first kappa shape index (κ1) is 15.5. The van der Waals surface area contributed by atoms with E-state index in [9.17, 15) is 13.2 Å². The molecule has 2 N–H and O–H groups in total. The van der Waals surface area contributed by atoms with E-state index in [0.717, 1.165) is 0 Å². The molecule has 102 valence electrons. The summed E-state index contributed by atoms with van der Waals surface area (Å²) in [4.78, 5) is 0. The maximum Gasteiger partial charge on any atom is 0.441 e. The van der Waals surface area contributed by atoms with Crippen LogP contribution in [0, 0.1) is 0 Å². The third-order valence-corrected chi connectivity index (χ3v) is 3.00. The predicted octanol–water partition coefficient (Wildman–Crippen LogP) is 3.99. The first-order valence-electron chi connectivity index (χ1n) is 5.18. The number of alkyl halides is 3. The minimum Gasteiger partial charge on any atom is -0.492 e. The summed E-state index contributed by atoms with van der Waals surface area (Å²) in [6.07, 6.45) is 0. The number of benzene rings is 1. The fourth-order valence-corrected chi connectivity index (χ4v) is 1.89. The van der Waals surface area contributed by atoms with Gasteiger partial charge in [-0.2, -0.15) is 13.2 Å². The second kappa shape index (κ2) is 6.54. The Morgan fingerprint density at radius 1 is 1.44 bits per heavy atom. The molecule has 0 aliphatic carbocycles. The van der Waals surface area contributed by atoms with Gasteiger partial charge < -0.3 is 10.5 Å². The number of nitrogens with two attached hydrogens (primary N) is 1. The molecule has 0 fully saturated rings. The van der Waals surface area contributed by atoms with Gasteiger partial charge in [-0.05, 0) is 36.9 Å². The zero-order chi connectivity index (χ0) is 13.8. The summed E-state index contributed by atoms with van der Waals surface area (Å²) in [5.74, 6) is 0.307. The molecule has 0 bridgehead atoms. The molecule has 0 aromatic heterocycles. The smallest absolute Gasteiger partial charge is 0.441 e. The monoisotopic (exact) mass is 299 g/mol. The molecular weight excluding hydrogens is 287 g/mol. The van der Waals surface area contributed by atoms with Crippen LogP contribution >= 0.6 is 23.4 Å². The van der Waals surface area contributed by atoms with Crippen LogP contribution < -0.4 is 10.5 Å². The highest BCUT2D eigenvalue weighted by molar-refractivity contribution is 8.00. The normalized spacial score (nSPS) is 13.4. The first-order chi connectivity index (χ1) is 8.29. The lowest BCUT2D eigenvalue weighted by Gasteiger charge is -2.14. The SMILES string of the molecule is C[C@H](N)c1cc(Cl)ccc1OCCSC(F)(F)F. The van der Waals surface area contributed by atoms with Gasteiger partial charge in [0.2, 0.25) is 0 Å². The summed E-state index contributed by atoms with van der Waals surface area (Å²) in [6, 6.07) is 4.58. The Labute approximate surface area is 113 Å². The van der Waals surface area contributed by atoms with E-state index < -0.39 is 5.51 Å². The molecule has 1 rings (SSSR count). The van der Waals surface area contributed by atoms with Crippen molar-refractivity contribution in [2.24, 2.45) is 5.73 Å². The van der Waals surface area contributed by atoms with Crippen molar-refractivity contribution in [1.29, 1.82) is 0 Å². The van der Waals surface area contributed by atoms with Crippen LogP contribution in [-0.4, -0.2) is 17.9 Å². The largest absolute Gasteiger partial charge is 0.492 e. The van der Waals surface area contributed by atoms with E-state index in [1.54, 1.807) is 25.1 Å². The number of hydrogen-bond donors (Lipinski definition) is 1. The fourth-order valence-electron chi connectivity index (χ4n) is 1.32. The van der Waals surface area contributed by atoms with Gasteiger partial charge in [0.05, 0.1) is 6.61 Å². The van der Waals surface area contributed by atoms with Crippen LogP contribution in [0.3, 0.4) is 0 Å². The summed E-state index contributed by atoms with van der Waals surface area (Å²) in [5, 5.41) is 0.513. The molecule has 1 atom stereocenters. The van der Waals surface area contributed by atoms with Crippen LogP contribution in [0.25, 0.3) is 0 Å². The summed E-state index contributed by atoms with van der Waals surface area (Å²) in [6.45, 7) is 1.72. The number of ether oxygens (including phenoxy) is 1. The third-order valence-electron chi connectivity index (χ3n) is 2.07. The maximum atomic E-state index is 11.9. The van der Waals surface area contributed by atoms with Crippen LogP contribution in [0.15, 0.2) is 18.2 Å². The van der Waals surface area contributed by atoms with Gasteiger partial charge in [0.25, 0.3) is 0 Å². The number of hydrogen-bond acceptors (Lipinski definition) is 3. The number of rotatable bonds is 5. The molecule has 0 aliphatic rings. The molecule has 0 heterocycles. The Hall–Kier alpha value is -0.590. The molecule has 0 saturated heterocycles. The second-order valence-corrected chi connectivity index (χ2v) is 5.21. The number of halogens is 4. The Balaban J connectivity index is 2.57. The average molecular weight is 300 g/mol. The van der Waals surface area contributed by atoms with Crippen LogP contribution in [0.1, 0.15) is 18.5 Å². The van der Waals surface area contributed by atoms with Gasteiger partial charge in [-0.1, -0.05) is 11.6 Å². The van der Waals surface area contributed by atoms with Gasteiger partial charge in [-0.25, -0.2) is 0 Å². The van der Waals surface area contributed by atoms with Crippen molar-refractivity contribution in [3.63, 3.8) is 0 Å². The van der Waals surface area contributed by atoms with E-state index in [1.165, 1.54) is 0 Å². The lowest BCUT2D eigenvalue weighted by molar-refractivity contribution is -0.0329. The molecule has 0 radical (unpaired) electrons. The van der Waals surface area contributed by atoms with E-state index >= 15 is 0 Å². The Morgan fingerprint density at radius 3 is 2.67 bits per heavy atom. The van der Waals surface area contributed by atoms with Crippen molar-refractivity contribution in [1.82, 2.24) is 0 Å². The van der Waals surface area contributed by atoms with E-state index in [1.807, 2.05) is 0 Å². The standard InChI is InChI=1S/C11H13ClF3NOS/c1-7(16)9-6-8(12)2-3-10(9)17-4-5-18-11(13,14)15/h2-3,6-7H,4-5,16H2,1H3/t7-/m0/s1. The zero-order valence-electron chi connectivity index (χ0n) is 9.63. The topological polar surface area (TPSA) is 35.2 Å². The van der Waals surface area contributed by atoms with Crippen molar-refractivity contribution in [2.45, 2.75) is 18.5 Å². The predicted molar refractivity (Wildman–Crippen MR) is 68.1 cm³/mol. The van der Waals surface area contributed by atoms with Crippen molar-refractivity contribution in [3.05, 3.63) is 28.8 Å². The highest BCUT2D eigenvalue weighted by atomic mass is 35.5. The minimum atomic E-state index is -4.23. The Kier molecular flexibility index (Phi) is 5.62. The Morgan fingerprint density at radius 2 is 2.11 bits per heavy atom. The summed E-state index contributed by atoms with van der Waals surface area (Å²) in [7, 11) is 0. The Bertz CT molecular complexity index is 398. The number of thioether (sulfide) groups is 1. The molecular formula is C11H13ClF3NOS. The lowest BCUT2D eigenvalue weighted by atomic mass is 10.1. The van der Waals surface area contributed by atoms with E-state index in [-0.39, 0.29) is 30.2 Å². The molecule has 0 unspecified atom stereocenters. The minimum absolute atomic E-state index is 0.0362. The molecule has 2 nitrogen and oxygen atoms in total. The summed E-state index contributed by atoms with van der Waals surface area (Å²) < 4.78 is 41.0. The average Bonchev–Trinajstić information content (AvgIpc) is 2.24. The lowest BCUT2D eigenvalue weighted by Crippen LogP contribution is -2.11.